The molecule has 1 aromatic carbocycles. The van der Waals surface area contributed by atoms with Gasteiger partial charge in [0.2, 0.25) is 11.8 Å². The Balaban J connectivity index is 1.29. The highest BCUT2D eigenvalue weighted by molar-refractivity contribution is 7.99. The highest BCUT2D eigenvalue weighted by atomic mass is 32.2. The van der Waals surface area contributed by atoms with Crippen LogP contribution in [0.5, 0.6) is 0 Å². The van der Waals surface area contributed by atoms with Crippen LogP contribution in [-0.2, 0) is 27.3 Å². The van der Waals surface area contributed by atoms with Crippen molar-refractivity contribution >= 4 is 45.1 Å². The third-order valence-corrected chi connectivity index (χ3v) is 7.65. The Morgan fingerprint density at radius 2 is 2.03 bits per heavy atom. The maximum atomic E-state index is 13.1. The minimum Gasteiger partial charge on any atom is -0.376 e. The Morgan fingerprint density at radius 3 is 2.83 bits per heavy atom. The van der Waals surface area contributed by atoms with Crippen LogP contribution in [0.15, 0.2) is 51.7 Å². The molecule has 0 saturated carbocycles. The predicted molar refractivity (Wildman–Crippen MR) is 139 cm³/mol. The molecule has 1 fully saturated rings. The third kappa shape index (κ3) is 7.39. The summed E-state index contributed by atoms with van der Waals surface area (Å²) in [6.07, 6.45) is 3.67. The average Bonchev–Trinajstić information content (AvgIpc) is 3.56. The van der Waals surface area contributed by atoms with Gasteiger partial charge in [-0.2, -0.15) is 0 Å². The Bertz CT molecular complexity index is 1190. The van der Waals surface area contributed by atoms with Crippen LogP contribution in [0.3, 0.4) is 0 Å². The Kier molecular flexibility index (Phi) is 9.33. The van der Waals surface area contributed by atoms with E-state index in [-0.39, 0.29) is 29.2 Å². The van der Waals surface area contributed by atoms with Crippen LogP contribution < -0.4 is 16.2 Å². The van der Waals surface area contributed by atoms with Crippen molar-refractivity contribution in [2.45, 2.75) is 49.9 Å². The quantitative estimate of drug-likeness (QED) is 0.285. The second kappa shape index (κ2) is 12.9. The molecule has 8 nitrogen and oxygen atoms in total. The molecule has 0 spiro atoms. The molecule has 35 heavy (non-hydrogen) atoms. The number of nitrogens with one attached hydrogen (secondary N) is 2. The first-order valence-electron chi connectivity index (χ1n) is 11.9. The van der Waals surface area contributed by atoms with Gasteiger partial charge in [-0.3, -0.25) is 19.0 Å². The molecule has 2 N–H and O–H groups in total. The highest BCUT2D eigenvalue weighted by Gasteiger charge is 2.18. The third-order valence-electron chi connectivity index (χ3n) is 5.78. The van der Waals surface area contributed by atoms with Gasteiger partial charge in [0.05, 0.1) is 17.4 Å². The van der Waals surface area contributed by atoms with Gasteiger partial charge in [0.15, 0.2) is 5.16 Å². The number of rotatable bonds is 12. The fourth-order valence-electron chi connectivity index (χ4n) is 3.92. The van der Waals surface area contributed by atoms with E-state index < -0.39 is 0 Å². The maximum Gasteiger partial charge on any atom is 0.272 e. The van der Waals surface area contributed by atoms with E-state index in [4.69, 9.17) is 4.74 Å². The molecule has 0 radical (unpaired) electrons. The number of carbonyl (C=O) groups excluding carboxylic acids is 2. The second-order valence-corrected chi connectivity index (χ2v) is 10.3. The van der Waals surface area contributed by atoms with Crippen molar-refractivity contribution < 1.29 is 14.3 Å². The lowest BCUT2D eigenvalue weighted by atomic mass is 10.1. The topological polar surface area (TPSA) is 102 Å². The summed E-state index contributed by atoms with van der Waals surface area (Å²) in [6, 6.07) is 11.8. The van der Waals surface area contributed by atoms with E-state index >= 15 is 0 Å². The molecule has 186 valence electrons. The van der Waals surface area contributed by atoms with Gasteiger partial charge in [-0.15, -0.1) is 11.3 Å². The van der Waals surface area contributed by atoms with Gasteiger partial charge < -0.3 is 15.4 Å². The van der Waals surface area contributed by atoms with Gasteiger partial charge in [0.25, 0.3) is 5.56 Å². The molecule has 1 aliphatic heterocycles. The zero-order valence-electron chi connectivity index (χ0n) is 19.5. The van der Waals surface area contributed by atoms with Gasteiger partial charge in [0.1, 0.15) is 4.70 Å². The molecule has 1 saturated heterocycles. The number of aromatic nitrogens is 2. The number of benzene rings is 1. The number of hydrogen-bond acceptors (Lipinski definition) is 7. The molecule has 1 aliphatic rings. The minimum absolute atomic E-state index is 0.0400. The van der Waals surface area contributed by atoms with Gasteiger partial charge in [-0.1, -0.05) is 42.1 Å². The SMILES string of the molecule is O=C(CCCn1c(SCC(=O)NC[C@@H]2CCCO2)nc2ccsc2c1=O)NCCc1ccccc1. The van der Waals surface area contributed by atoms with Crippen LogP contribution in [-0.4, -0.2) is 52.9 Å². The van der Waals surface area contributed by atoms with Crippen LogP contribution in [0.2, 0.25) is 0 Å². The predicted octanol–water partition coefficient (Wildman–Crippen LogP) is 2.98. The lowest BCUT2D eigenvalue weighted by molar-refractivity contribution is -0.121. The summed E-state index contributed by atoms with van der Waals surface area (Å²) in [5.74, 6) is 0.00534. The highest BCUT2D eigenvalue weighted by Crippen LogP contribution is 2.21. The van der Waals surface area contributed by atoms with E-state index in [0.717, 1.165) is 25.9 Å². The van der Waals surface area contributed by atoms with Gasteiger partial charge in [-0.25, -0.2) is 4.98 Å². The molecule has 0 aliphatic carbocycles. The van der Waals surface area contributed by atoms with E-state index in [2.05, 4.69) is 15.6 Å². The first kappa shape index (κ1) is 25.4. The van der Waals surface area contributed by atoms with E-state index in [1.54, 1.807) is 4.57 Å². The van der Waals surface area contributed by atoms with Crippen LogP contribution >= 0.6 is 23.1 Å². The summed E-state index contributed by atoms with van der Waals surface area (Å²) in [5, 5.41) is 8.18. The van der Waals surface area contributed by atoms with E-state index in [9.17, 15) is 14.4 Å². The zero-order valence-corrected chi connectivity index (χ0v) is 21.2. The first-order chi connectivity index (χ1) is 17.1. The molecule has 3 heterocycles. The number of fused-ring (bicyclic) bond motifs is 1. The summed E-state index contributed by atoms with van der Waals surface area (Å²) in [6.45, 7) is 2.19. The fourth-order valence-corrected chi connectivity index (χ4v) is 5.56. The lowest BCUT2D eigenvalue weighted by Gasteiger charge is -2.13. The smallest absolute Gasteiger partial charge is 0.272 e. The number of nitrogens with zero attached hydrogens (tertiary/aromatic N) is 2. The van der Waals surface area contributed by atoms with Gasteiger partial charge in [-0.05, 0) is 42.7 Å². The molecule has 3 aromatic rings. The number of amides is 2. The van der Waals surface area contributed by atoms with Crippen LogP contribution in [0.25, 0.3) is 10.2 Å². The van der Waals surface area contributed by atoms with E-state index in [1.807, 2.05) is 41.8 Å². The van der Waals surface area contributed by atoms with Crippen molar-refractivity contribution in [2.24, 2.45) is 0 Å². The normalized spacial score (nSPS) is 15.4. The number of carbonyl (C=O) groups is 2. The number of hydrogen-bond donors (Lipinski definition) is 2. The van der Waals surface area contributed by atoms with Gasteiger partial charge >= 0.3 is 0 Å². The van der Waals surface area contributed by atoms with Crippen molar-refractivity contribution in [1.82, 2.24) is 20.2 Å². The molecule has 10 heteroatoms. The monoisotopic (exact) mass is 514 g/mol. The van der Waals surface area contributed by atoms with Crippen molar-refractivity contribution in [2.75, 3.05) is 25.4 Å². The molecule has 4 rings (SSSR count). The molecule has 2 aromatic heterocycles. The Labute approximate surface area is 212 Å². The van der Waals surface area contributed by atoms with Crippen LogP contribution in [0, 0.1) is 0 Å². The molecule has 0 bridgehead atoms. The minimum atomic E-state index is -0.128. The van der Waals surface area contributed by atoms with E-state index in [1.165, 1.54) is 28.7 Å². The summed E-state index contributed by atoms with van der Waals surface area (Å²) in [5.41, 5.74) is 1.69. The van der Waals surface area contributed by atoms with Crippen molar-refractivity contribution in [3.05, 3.63) is 57.7 Å². The lowest BCUT2D eigenvalue weighted by Crippen LogP contribution is -2.33. The summed E-state index contributed by atoms with van der Waals surface area (Å²) < 4.78 is 7.72. The number of ether oxygens (including phenoxy) is 1. The fraction of sp³-hybridized carbons (Fsp3) is 0.440. The zero-order chi connectivity index (χ0) is 24.5. The first-order valence-corrected chi connectivity index (χ1v) is 13.8. The summed E-state index contributed by atoms with van der Waals surface area (Å²) >= 11 is 2.60. The van der Waals surface area contributed by atoms with Crippen molar-refractivity contribution in [3.63, 3.8) is 0 Å². The van der Waals surface area contributed by atoms with Crippen LogP contribution in [0.1, 0.15) is 31.2 Å². The summed E-state index contributed by atoms with van der Waals surface area (Å²) in [4.78, 5) is 42.3. The van der Waals surface area contributed by atoms with E-state index in [0.29, 0.717) is 47.8 Å². The molecule has 0 unspecified atom stereocenters. The molecule has 2 amide bonds. The van der Waals surface area contributed by atoms with Crippen LogP contribution in [0.4, 0.5) is 0 Å². The largest absolute Gasteiger partial charge is 0.376 e. The molecular weight excluding hydrogens is 484 g/mol. The summed E-state index contributed by atoms with van der Waals surface area (Å²) in [7, 11) is 0. The Morgan fingerprint density at radius 1 is 1.17 bits per heavy atom. The number of thioether (sulfide) groups is 1. The van der Waals surface area contributed by atoms with Crippen molar-refractivity contribution in [1.29, 1.82) is 0 Å². The maximum absolute atomic E-state index is 13.1. The average molecular weight is 515 g/mol. The van der Waals surface area contributed by atoms with Gasteiger partial charge in [0, 0.05) is 32.7 Å². The Hall–Kier alpha value is -2.69. The standard InChI is InChI=1S/C25H30N4O4S2/c30-21(26-12-10-18-6-2-1-3-7-18)9-4-13-29-24(32)23-20(11-15-34-23)28-25(29)35-17-22(31)27-16-19-8-5-14-33-19/h1-3,6-7,11,15,19H,4-5,8-10,12-14,16-17H2,(H,26,30)(H,27,31)/t19-/m0/s1. The molecular formula is C25H30N4O4S2. The second-order valence-electron chi connectivity index (χ2n) is 8.40. The van der Waals surface area contributed by atoms with Crippen molar-refractivity contribution in [3.8, 4) is 0 Å². The molecule has 1 atom stereocenters. The number of thiophene rings is 1.